The van der Waals surface area contributed by atoms with Crippen molar-refractivity contribution in [1.29, 1.82) is 0 Å². The maximum Gasteiger partial charge on any atom is 0.325 e. The van der Waals surface area contributed by atoms with Gasteiger partial charge in [-0.2, -0.15) is 0 Å². The summed E-state index contributed by atoms with van der Waals surface area (Å²) in [5.41, 5.74) is 5.66. The van der Waals surface area contributed by atoms with Gasteiger partial charge in [0.15, 0.2) is 0 Å². The average molecular weight is 237 g/mol. The van der Waals surface area contributed by atoms with Crippen LogP contribution in [0.2, 0.25) is 0 Å². The van der Waals surface area contributed by atoms with Crippen molar-refractivity contribution in [3.8, 4) is 0 Å². The Labute approximate surface area is 97.0 Å². The van der Waals surface area contributed by atoms with Gasteiger partial charge in [0.25, 0.3) is 11.7 Å². The summed E-state index contributed by atoms with van der Waals surface area (Å²) in [5, 5.41) is 2.11. The molecule has 0 saturated heterocycles. The number of carbonyl (C=O) groups is 3. The van der Waals surface area contributed by atoms with Gasteiger partial charge in [-0.15, -0.1) is 0 Å². The van der Waals surface area contributed by atoms with Gasteiger partial charge in [0, 0.05) is 18.1 Å². The number of aromatic nitrogens is 1. The Bertz CT molecular complexity index is 459. The normalized spacial score (nSPS) is 9.47. The lowest BCUT2D eigenvalue weighted by Crippen LogP contribution is -2.35. The van der Waals surface area contributed by atoms with E-state index in [-0.39, 0.29) is 17.8 Å². The molecule has 7 heteroatoms. The first kappa shape index (κ1) is 12.6. The van der Waals surface area contributed by atoms with Gasteiger partial charge in [0.05, 0.1) is 12.7 Å². The number of amides is 1. The molecule has 0 unspecified atom stereocenters. The van der Waals surface area contributed by atoms with E-state index in [0.717, 1.165) is 0 Å². The zero-order chi connectivity index (χ0) is 12.8. The lowest BCUT2D eigenvalue weighted by atomic mass is 10.1. The fourth-order valence-electron chi connectivity index (χ4n) is 1.02. The number of Topliss-reactive ketones (excluding diaryl/α,β-unsaturated/α-hetero) is 1. The van der Waals surface area contributed by atoms with E-state index in [1.54, 1.807) is 0 Å². The Kier molecular flexibility index (Phi) is 4.15. The topological polar surface area (TPSA) is 111 Å². The Balaban J connectivity index is 2.68. The molecule has 0 aromatic carbocycles. The van der Waals surface area contributed by atoms with Crippen LogP contribution in [0.15, 0.2) is 18.5 Å². The van der Waals surface area contributed by atoms with E-state index in [9.17, 15) is 14.4 Å². The van der Waals surface area contributed by atoms with Crippen molar-refractivity contribution in [1.82, 2.24) is 10.3 Å². The van der Waals surface area contributed by atoms with Crippen LogP contribution in [-0.2, 0) is 14.3 Å². The van der Waals surface area contributed by atoms with Crippen molar-refractivity contribution in [2.75, 3.05) is 19.4 Å². The molecular weight excluding hydrogens is 226 g/mol. The van der Waals surface area contributed by atoms with Crippen LogP contribution >= 0.6 is 0 Å². The largest absolute Gasteiger partial charge is 0.468 e. The summed E-state index contributed by atoms with van der Waals surface area (Å²) in [6.45, 7) is -0.374. The number of hydrogen-bond acceptors (Lipinski definition) is 6. The summed E-state index contributed by atoms with van der Waals surface area (Å²) >= 11 is 0. The van der Waals surface area contributed by atoms with Crippen LogP contribution in [-0.4, -0.2) is 36.3 Å². The SMILES string of the molecule is COC(=O)CNC(=O)C(=O)c1cnccc1N. The molecule has 0 radical (unpaired) electrons. The number of carbonyl (C=O) groups excluding carboxylic acids is 3. The molecule has 0 bridgehead atoms. The average Bonchev–Trinajstić information content (AvgIpc) is 2.35. The van der Waals surface area contributed by atoms with E-state index in [0.29, 0.717) is 0 Å². The Morgan fingerprint density at radius 2 is 2.18 bits per heavy atom. The smallest absolute Gasteiger partial charge is 0.325 e. The van der Waals surface area contributed by atoms with Gasteiger partial charge in [0.2, 0.25) is 0 Å². The third kappa shape index (κ3) is 3.26. The van der Waals surface area contributed by atoms with Crippen molar-refractivity contribution in [3.05, 3.63) is 24.0 Å². The summed E-state index contributed by atoms with van der Waals surface area (Å²) in [5.74, 6) is -2.43. The lowest BCUT2D eigenvalue weighted by molar-refractivity contribution is -0.140. The molecule has 0 aliphatic rings. The van der Waals surface area contributed by atoms with Crippen LogP contribution in [0.25, 0.3) is 0 Å². The minimum Gasteiger partial charge on any atom is -0.468 e. The molecule has 0 spiro atoms. The number of nitrogen functional groups attached to an aromatic ring is 1. The third-order valence-electron chi connectivity index (χ3n) is 1.93. The number of methoxy groups -OCH3 is 1. The fourth-order valence-corrected chi connectivity index (χ4v) is 1.02. The van der Waals surface area contributed by atoms with Gasteiger partial charge >= 0.3 is 5.97 Å². The first-order valence-corrected chi connectivity index (χ1v) is 4.65. The molecule has 0 fully saturated rings. The molecule has 3 N–H and O–H groups in total. The van der Waals surface area contributed by atoms with E-state index < -0.39 is 17.7 Å². The lowest BCUT2D eigenvalue weighted by Gasteiger charge is -2.04. The van der Waals surface area contributed by atoms with Gasteiger partial charge < -0.3 is 15.8 Å². The first-order valence-electron chi connectivity index (χ1n) is 4.65. The van der Waals surface area contributed by atoms with Crippen molar-refractivity contribution in [3.63, 3.8) is 0 Å². The number of esters is 1. The molecule has 90 valence electrons. The summed E-state index contributed by atoms with van der Waals surface area (Å²) in [7, 11) is 1.18. The predicted octanol–water partition coefficient (Wildman–Crippen LogP) is -0.864. The highest BCUT2D eigenvalue weighted by molar-refractivity contribution is 6.44. The monoisotopic (exact) mass is 237 g/mol. The Morgan fingerprint density at radius 1 is 1.47 bits per heavy atom. The molecule has 1 heterocycles. The number of nitrogens with one attached hydrogen (secondary N) is 1. The zero-order valence-electron chi connectivity index (χ0n) is 9.10. The highest BCUT2D eigenvalue weighted by atomic mass is 16.5. The molecule has 0 atom stereocenters. The predicted molar refractivity (Wildman–Crippen MR) is 58.0 cm³/mol. The number of pyridine rings is 1. The van der Waals surface area contributed by atoms with Crippen molar-refractivity contribution in [2.24, 2.45) is 0 Å². The molecule has 17 heavy (non-hydrogen) atoms. The molecule has 0 aliphatic carbocycles. The van der Waals surface area contributed by atoms with Gasteiger partial charge in [0.1, 0.15) is 6.54 Å². The maximum absolute atomic E-state index is 11.6. The van der Waals surface area contributed by atoms with Crippen molar-refractivity contribution < 1.29 is 19.1 Å². The van der Waals surface area contributed by atoms with E-state index in [1.165, 1.54) is 25.6 Å². The number of nitrogens with two attached hydrogens (primary N) is 1. The number of anilines is 1. The summed E-state index contributed by atoms with van der Waals surface area (Å²) < 4.78 is 4.31. The highest BCUT2D eigenvalue weighted by Crippen LogP contribution is 2.09. The number of rotatable bonds is 4. The molecule has 1 aromatic rings. The molecule has 1 aromatic heterocycles. The van der Waals surface area contributed by atoms with Gasteiger partial charge in [-0.3, -0.25) is 19.4 Å². The van der Waals surface area contributed by atoms with Crippen LogP contribution < -0.4 is 11.1 Å². The molecule has 0 aliphatic heterocycles. The Hall–Kier alpha value is -2.44. The van der Waals surface area contributed by atoms with Gasteiger partial charge in [-0.25, -0.2) is 0 Å². The van der Waals surface area contributed by atoms with Crippen LogP contribution in [0.3, 0.4) is 0 Å². The molecule has 7 nitrogen and oxygen atoms in total. The van der Waals surface area contributed by atoms with Crippen LogP contribution in [0, 0.1) is 0 Å². The van der Waals surface area contributed by atoms with Gasteiger partial charge in [-0.05, 0) is 6.07 Å². The molecule has 1 amide bonds. The second-order valence-corrected chi connectivity index (χ2v) is 3.05. The zero-order valence-corrected chi connectivity index (χ0v) is 9.10. The molecule has 1 rings (SSSR count). The van der Waals surface area contributed by atoms with Crippen molar-refractivity contribution in [2.45, 2.75) is 0 Å². The van der Waals surface area contributed by atoms with E-state index in [2.05, 4.69) is 15.0 Å². The quantitative estimate of drug-likeness (QED) is 0.400. The number of nitrogens with zero attached hydrogens (tertiary/aromatic N) is 1. The summed E-state index contributed by atoms with van der Waals surface area (Å²) in [6, 6.07) is 1.40. The highest BCUT2D eigenvalue weighted by Gasteiger charge is 2.19. The first-order chi connectivity index (χ1) is 8.06. The van der Waals surface area contributed by atoms with Crippen LogP contribution in [0.4, 0.5) is 5.69 Å². The standard InChI is InChI=1S/C10H11N3O4/c1-17-8(14)5-13-10(16)9(15)6-4-12-3-2-7(6)11/h2-4H,5H2,1H3,(H2,11,12)(H,13,16). The number of ketones is 1. The number of hydrogen-bond donors (Lipinski definition) is 2. The Morgan fingerprint density at radius 3 is 2.76 bits per heavy atom. The summed E-state index contributed by atoms with van der Waals surface area (Å²) in [4.78, 5) is 37.4. The third-order valence-corrected chi connectivity index (χ3v) is 1.93. The van der Waals surface area contributed by atoms with Crippen LogP contribution in [0.5, 0.6) is 0 Å². The maximum atomic E-state index is 11.6. The summed E-state index contributed by atoms with van der Waals surface area (Å²) in [6.07, 6.45) is 2.59. The molecular formula is C10H11N3O4. The number of ether oxygens (including phenoxy) is 1. The van der Waals surface area contributed by atoms with E-state index in [1.807, 2.05) is 0 Å². The van der Waals surface area contributed by atoms with E-state index >= 15 is 0 Å². The minimum atomic E-state index is -0.935. The minimum absolute atomic E-state index is 0.00475. The second-order valence-electron chi connectivity index (χ2n) is 3.05. The molecule has 0 saturated carbocycles. The van der Waals surface area contributed by atoms with Crippen molar-refractivity contribution >= 4 is 23.3 Å². The second kappa shape index (κ2) is 5.59. The van der Waals surface area contributed by atoms with E-state index in [4.69, 9.17) is 5.73 Å². The van der Waals surface area contributed by atoms with Gasteiger partial charge in [-0.1, -0.05) is 0 Å². The fraction of sp³-hybridized carbons (Fsp3) is 0.200. The van der Waals surface area contributed by atoms with Crippen LogP contribution in [0.1, 0.15) is 10.4 Å².